The number of ether oxygens (including phenoxy) is 1. The van der Waals surface area contributed by atoms with Gasteiger partial charge >= 0.3 is 0 Å². The van der Waals surface area contributed by atoms with Gasteiger partial charge in [0.25, 0.3) is 5.91 Å². The highest BCUT2D eigenvalue weighted by Gasteiger charge is 2.31. The lowest BCUT2D eigenvalue weighted by molar-refractivity contribution is -0.933. The largest absolute Gasteiger partial charge is 0.497 e. The van der Waals surface area contributed by atoms with E-state index >= 15 is 0 Å². The number of amides is 1. The lowest BCUT2D eigenvalue weighted by Gasteiger charge is -2.27. The van der Waals surface area contributed by atoms with Crippen LogP contribution in [-0.2, 0) is 11.3 Å². The van der Waals surface area contributed by atoms with Crippen LogP contribution in [0.15, 0.2) is 72.1 Å². The number of carbonyl (C=O) groups is 1. The fourth-order valence-corrected chi connectivity index (χ4v) is 3.96. The van der Waals surface area contributed by atoms with Gasteiger partial charge in [-0.1, -0.05) is 42.5 Å². The fraction of sp³-hybridized carbons (Fsp3) is 0.227. The Morgan fingerprint density at radius 3 is 2.59 bits per heavy atom. The van der Waals surface area contributed by atoms with Crippen molar-refractivity contribution >= 4 is 22.9 Å². The van der Waals surface area contributed by atoms with Crippen molar-refractivity contribution in [3.63, 3.8) is 0 Å². The Balaban J connectivity index is 1.87. The second-order valence-electron chi connectivity index (χ2n) is 6.33. The summed E-state index contributed by atoms with van der Waals surface area (Å²) < 4.78 is 5.27. The Kier molecular flexibility index (Phi) is 6.63. The lowest BCUT2D eigenvalue weighted by Crippen LogP contribution is -3.11. The summed E-state index contributed by atoms with van der Waals surface area (Å²) >= 11 is 1.73. The average molecular weight is 382 g/mol. The van der Waals surface area contributed by atoms with Crippen molar-refractivity contribution in [3.8, 4) is 5.75 Å². The summed E-state index contributed by atoms with van der Waals surface area (Å²) in [5, 5.41) is 5.15. The molecule has 0 aliphatic rings. The predicted molar refractivity (Wildman–Crippen MR) is 110 cm³/mol. The number of hydrogen-bond acceptors (Lipinski definition) is 3. The van der Waals surface area contributed by atoms with Gasteiger partial charge in [0.15, 0.2) is 6.04 Å². The number of hydrogen-bond donors (Lipinski definition) is 2. The standard InChI is InChI=1S/C22H24N2O2S/c1-3-24(16-20-13-8-14-27-20)21(17-9-5-4-6-10-17)22(25)23-18-11-7-12-19(15-18)26-2/h4-15,21H,3,16H2,1-2H3,(H,23,25)/p+1/t21-/m0/s1. The zero-order chi connectivity index (χ0) is 19.1. The van der Waals surface area contributed by atoms with E-state index in [2.05, 4.69) is 29.8 Å². The lowest BCUT2D eigenvalue weighted by atomic mass is 10.0. The summed E-state index contributed by atoms with van der Waals surface area (Å²) in [6.45, 7) is 3.79. The first-order chi connectivity index (χ1) is 13.2. The third kappa shape index (κ3) is 4.96. The first-order valence-corrected chi connectivity index (χ1v) is 9.96. The van der Waals surface area contributed by atoms with Gasteiger partial charge in [-0.15, -0.1) is 11.3 Å². The number of benzene rings is 2. The molecule has 2 atom stereocenters. The molecular weight excluding hydrogens is 356 g/mol. The molecule has 5 heteroatoms. The Hall–Kier alpha value is -2.63. The first-order valence-electron chi connectivity index (χ1n) is 9.08. The SMILES string of the molecule is CC[NH+](Cc1cccs1)[C@H](C(=O)Nc1cccc(OC)c1)c1ccccc1. The van der Waals surface area contributed by atoms with Crippen LogP contribution in [0.25, 0.3) is 0 Å². The van der Waals surface area contributed by atoms with E-state index in [0.717, 1.165) is 30.1 Å². The van der Waals surface area contributed by atoms with Gasteiger partial charge in [0.1, 0.15) is 12.3 Å². The highest BCUT2D eigenvalue weighted by atomic mass is 32.1. The van der Waals surface area contributed by atoms with Crippen LogP contribution in [0.4, 0.5) is 5.69 Å². The molecule has 140 valence electrons. The number of anilines is 1. The van der Waals surface area contributed by atoms with Gasteiger partial charge in [-0.2, -0.15) is 0 Å². The molecule has 3 aromatic rings. The monoisotopic (exact) mass is 381 g/mol. The number of nitrogens with one attached hydrogen (secondary N) is 2. The van der Waals surface area contributed by atoms with Crippen molar-refractivity contribution in [1.82, 2.24) is 0 Å². The normalized spacial score (nSPS) is 13.0. The van der Waals surface area contributed by atoms with Crippen molar-refractivity contribution in [2.45, 2.75) is 19.5 Å². The Morgan fingerprint density at radius 1 is 1.11 bits per heavy atom. The Bertz CT molecular complexity index is 850. The molecule has 27 heavy (non-hydrogen) atoms. The van der Waals surface area contributed by atoms with Crippen molar-refractivity contribution in [3.05, 3.63) is 82.6 Å². The minimum Gasteiger partial charge on any atom is -0.497 e. The van der Waals surface area contributed by atoms with Gasteiger partial charge in [0.2, 0.25) is 0 Å². The van der Waals surface area contributed by atoms with Gasteiger partial charge in [-0.3, -0.25) is 4.79 Å². The van der Waals surface area contributed by atoms with Gasteiger partial charge in [0, 0.05) is 17.3 Å². The number of quaternary nitrogens is 1. The highest BCUT2D eigenvalue weighted by molar-refractivity contribution is 7.09. The summed E-state index contributed by atoms with van der Waals surface area (Å²) in [5.41, 5.74) is 1.76. The Morgan fingerprint density at radius 2 is 1.93 bits per heavy atom. The zero-order valence-electron chi connectivity index (χ0n) is 15.6. The van der Waals surface area contributed by atoms with Gasteiger partial charge in [-0.25, -0.2) is 0 Å². The minimum absolute atomic E-state index is 0.0112. The third-order valence-electron chi connectivity index (χ3n) is 4.58. The average Bonchev–Trinajstić information content (AvgIpc) is 3.21. The molecule has 0 radical (unpaired) electrons. The molecule has 0 aliphatic heterocycles. The van der Waals surface area contributed by atoms with Gasteiger partial charge in [-0.05, 0) is 30.5 Å². The molecule has 1 amide bonds. The highest BCUT2D eigenvalue weighted by Crippen LogP contribution is 2.19. The van der Waals surface area contributed by atoms with Gasteiger partial charge < -0.3 is 15.0 Å². The van der Waals surface area contributed by atoms with Crippen LogP contribution in [0.3, 0.4) is 0 Å². The van der Waals surface area contributed by atoms with Crippen LogP contribution < -0.4 is 15.0 Å². The Labute approximate surface area is 164 Å². The molecule has 0 saturated carbocycles. The number of rotatable bonds is 8. The van der Waals surface area contributed by atoms with E-state index in [9.17, 15) is 4.79 Å². The van der Waals surface area contributed by atoms with E-state index in [1.807, 2.05) is 54.6 Å². The van der Waals surface area contributed by atoms with Crippen LogP contribution in [0.1, 0.15) is 23.4 Å². The molecular formula is C22H25N2O2S+. The molecule has 0 bridgehead atoms. The maximum absolute atomic E-state index is 13.3. The molecule has 0 spiro atoms. The summed E-state index contributed by atoms with van der Waals surface area (Å²) in [5.74, 6) is 0.713. The number of likely N-dealkylation sites (N-methyl/N-ethyl adjacent to an activating group) is 1. The molecule has 4 nitrogen and oxygen atoms in total. The number of thiophene rings is 1. The first kappa shape index (κ1) is 19.1. The quantitative estimate of drug-likeness (QED) is 0.627. The van der Waals surface area contributed by atoms with Crippen LogP contribution in [0.5, 0.6) is 5.75 Å². The van der Waals surface area contributed by atoms with Crippen LogP contribution >= 0.6 is 11.3 Å². The summed E-state index contributed by atoms with van der Waals surface area (Å²) in [6, 6.07) is 21.4. The maximum atomic E-state index is 13.3. The predicted octanol–water partition coefficient (Wildman–Crippen LogP) is 3.54. The summed E-state index contributed by atoms with van der Waals surface area (Å²) in [6.07, 6.45) is 0. The summed E-state index contributed by atoms with van der Waals surface area (Å²) in [7, 11) is 1.62. The molecule has 1 heterocycles. The molecule has 0 aliphatic carbocycles. The zero-order valence-corrected chi connectivity index (χ0v) is 16.5. The van der Waals surface area contributed by atoms with Gasteiger partial charge in [0.05, 0.1) is 18.5 Å². The molecule has 0 saturated heterocycles. The van der Waals surface area contributed by atoms with Crippen molar-refractivity contribution in [2.24, 2.45) is 0 Å². The summed E-state index contributed by atoms with van der Waals surface area (Å²) in [4.78, 5) is 15.8. The number of methoxy groups -OCH3 is 1. The van der Waals surface area contributed by atoms with E-state index in [4.69, 9.17) is 4.74 Å². The molecule has 0 fully saturated rings. The molecule has 2 N–H and O–H groups in total. The van der Waals surface area contributed by atoms with E-state index in [1.54, 1.807) is 18.4 Å². The van der Waals surface area contributed by atoms with E-state index in [1.165, 1.54) is 9.78 Å². The maximum Gasteiger partial charge on any atom is 0.287 e. The van der Waals surface area contributed by atoms with Crippen LogP contribution in [-0.4, -0.2) is 19.6 Å². The van der Waals surface area contributed by atoms with Crippen molar-refractivity contribution < 1.29 is 14.4 Å². The fourth-order valence-electron chi connectivity index (χ4n) is 3.20. The molecule has 1 unspecified atom stereocenters. The van der Waals surface area contributed by atoms with Crippen molar-refractivity contribution in [2.75, 3.05) is 19.0 Å². The van der Waals surface area contributed by atoms with E-state index < -0.39 is 0 Å². The minimum atomic E-state index is -0.287. The van der Waals surface area contributed by atoms with E-state index in [-0.39, 0.29) is 11.9 Å². The second kappa shape index (κ2) is 9.35. The third-order valence-corrected chi connectivity index (χ3v) is 5.45. The molecule has 2 aromatic carbocycles. The molecule has 3 rings (SSSR count). The van der Waals surface area contributed by atoms with Crippen LogP contribution in [0, 0.1) is 0 Å². The van der Waals surface area contributed by atoms with Crippen molar-refractivity contribution in [1.29, 1.82) is 0 Å². The van der Waals surface area contributed by atoms with Crippen LogP contribution in [0.2, 0.25) is 0 Å². The smallest absolute Gasteiger partial charge is 0.287 e. The molecule has 1 aromatic heterocycles. The number of carbonyl (C=O) groups excluding carboxylic acids is 1. The topological polar surface area (TPSA) is 42.8 Å². The van der Waals surface area contributed by atoms with E-state index in [0.29, 0.717) is 0 Å². The second-order valence-corrected chi connectivity index (χ2v) is 7.37.